The van der Waals surface area contributed by atoms with Gasteiger partial charge in [-0.2, -0.15) is 0 Å². The third-order valence-electron chi connectivity index (χ3n) is 2.53. The molecule has 1 unspecified atom stereocenters. The van der Waals surface area contributed by atoms with Crippen molar-refractivity contribution < 1.29 is 5.11 Å². The van der Waals surface area contributed by atoms with Crippen LogP contribution in [0.1, 0.15) is 43.4 Å². The molecule has 1 aromatic rings. The number of hydrogen-bond donors (Lipinski definition) is 2. The first-order valence-corrected chi connectivity index (χ1v) is 5.20. The van der Waals surface area contributed by atoms with Crippen LogP contribution in [-0.2, 0) is 0 Å². The van der Waals surface area contributed by atoms with Crippen molar-refractivity contribution in [3.05, 3.63) is 29.3 Å². The van der Waals surface area contributed by atoms with Gasteiger partial charge in [-0.25, -0.2) is 0 Å². The lowest BCUT2D eigenvalue weighted by molar-refractivity contribution is 0.468. The zero-order valence-corrected chi connectivity index (χ0v) is 8.96. The maximum Gasteiger partial charge on any atom is 0.118 e. The van der Waals surface area contributed by atoms with Crippen LogP contribution < -0.4 is 5.73 Å². The molecule has 2 heteroatoms. The van der Waals surface area contributed by atoms with Crippen molar-refractivity contribution in [3.8, 4) is 5.75 Å². The average molecular weight is 193 g/mol. The van der Waals surface area contributed by atoms with Crippen LogP contribution in [0.4, 0.5) is 0 Å². The Balaban J connectivity index is 2.70. The molecule has 0 aromatic heterocycles. The summed E-state index contributed by atoms with van der Waals surface area (Å²) >= 11 is 0. The second kappa shape index (κ2) is 5.01. The number of rotatable bonds is 4. The Hall–Kier alpha value is -1.02. The molecule has 0 aliphatic rings. The molecule has 2 nitrogen and oxygen atoms in total. The van der Waals surface area contributed by atoms with Gasteiger partial charge < -0.3 is 10.8 Å². The van der Waals surface area contributed by atoms with Crippen molar-refractivity contribution in [2.24, 2.45) is 5.73 Å². The van der Waals surface area contributed by atoms with Gasteiger partial charge in [-0.15, -0.1) is 0 Å². The first kappa shape index (κ1) is 11.1. The fourth-order valence-electron chi connectivity index (χ4n) is 1.45. The number of hydrogen-bond acceptors (Lipinski definition) is 2. The topological polar surface area (TPSA) is 46.2 Å². The number of phenols is 1. The molecule has 0 saturated carbocycles. The summed E-state index contributed by atoms with van der Waals surface area (Å²) in [5.74, 6) is 0.342. The van der Waals surface area contributed by atoms with Crippen LogP contribution in [0.5, 0.6) is 5.75 Å². The Morgan fingerprint density at radius 3 is 2.71 bits per heavy atom. The minimum atomic E-state index is 0.0569. The van der Waals surface area contributed by atoms with Gasteiger partial charge >= 0.3 is 0 Å². The Bertz CT molecular complexity index is 296. The van der Waals surface area contributed by atoms with E-state index in [-0.39, 0.29) is 6.04 Å². The molecule has 1 atom stereocenters. The summed E-state index contributed by atoms with van der Waals surface area (Å²) in [5, 5.41) is 9.52. The Morgan fingerprint density at radius 2 is 2.14 bits per heavy atom. The van der Waals surface area contributed by atoms with Crippen molar-refractivity contribution in [3.63, 3.8) is 0 Å². The molecule has 14 heavy (non-hydrogen) atoms. The van der Waals surface area contributed by atoms with E-state index in [1.54, 1.807) is 6.07 Å². The van der Waals surface area contributed by atoms with E-state index in [1.165, 1.54) is 0 Å². The zero-order chi connectivity index (χ0) is 10.6. The molecule has 0 amide bonds. The van der Waals surface area contributed by atoms with E-state index in [0.717, 1.165) is 30.4 Å². The summed E-state index contributed by atoms with van der Waals surface area (Å²) in [6, 6.07) is 5.74. The van der Waals surface area contributed by atoms with Crippen LogP contribution in [0.25, 0.3) is 0 Å². The molecular weight excluding hydrogens is 174 g/mol. The molecule has 78 valence electrons. The van der Waals surface area contributed by atoms with Crippen LogP contribution in [0, 0.1) is 6.92 Å². The minimum absolute atomic E-state index is 0.0569. The van der Waals surface area contributed by atoms with Gasteiger partial charge in [0.2, 0.25) is 0 Å². The molecule has 1 aromatic carbocycles. The number of unbranched alkanes of at least 4 members (excludes halogenated alkanes) is 1. The van der Waals surface area contributed by atoms with Gasteiger partial charge in [-0.05, 0) is 30.5 Å². The minimum Gasteiger partial charge on any atom is -0.508 e. The largest absolute Gasteiger partial charge is 0.508 e. The lowest BCUT2D eigenvalue weighted by atomic mass is 10.0. The highest BCUT2D eigenvalue weighted by Crippen LogP contribution is 2.23. The summed E-state index contributed by atoms with van der Waals surface area (Å²) in [4.78, 5) is 0. The third-order valence-corrected chi connectivity index (χ3v) is 2.53. The Morgan fingerprint density at radius 1 is 1.43 bits per heavy atom. The Kier molecular flexibility index (Phi) is 3.96. The number of benzene rings is 1. The zero-order valence-electron chi connectivity index (χ0n) is 8.96. The fraction of sp³-hybridized carbons (Fsp3) is 0.500. The number of nitrogens with two attached hydrogens (primary N) is 1. The van der Waals surface area contributed by atoms with Gasteiger partial charge in [0.1, 0.15) is 5.75 Å². The molecule has 0 heterocycles. The van der Waals surface area contributed by atoms with Crippen molar-refractivity contribution in [2.45, 2.75) is 39.2 Å². The van der Waals surface area contributed by atoms with Crippen molar-refractivity contribution in [1.82, 2.24) is 0 Å². The Labute approximate surface area is 85.8 Å². The average Bonchev–Trinajstić information content (AvgIpc) is 2.18. The standard InChI is InChI=1S/C12H19NO/c1-3-4-5-11(13)10-7-6-9(2)12(14)8-10/h6-8,11,14H,3-5,13H2,1-2H3. The van der Waals surface area contributed by atoms with Gasteiger partial charge in [-0.1, -0.05) is 31.9 Å². The van der Waals surface area contributed by atoms with E-state index in [9.17, 15) is 5.11 Å². The maximum atomic E-state index is 9.52. The summed E-state index contributed by atoms with van der Waals surface area (Å²) in [6.45, 7) is 4.04. The molecule has 0 bridgehead atoms. The number of aryl methyl sites for hydroxylation is 1. The second-order valence-electron chi connectivity index (χ2n) is 3.79. The van der Waals surface area contributed by atoms with Crippen molar-refractivity contribution in [2.75, 3.05) is 0 Å². The van der Waals surface area contributed by atoms with Gasteiger partial charge in [0.15, 0.2) is 0 Å². The highest BCUT2D eigenvalue weighted by Gasteiger charge is 2.06. The lowest BCUT2D eigenvalue weighted by Gasteiger charge is -2.12. The summed E-state index contributed by atoms with van der Waals surface area (Å²) in [6.07, 6.45) is 3.28. The SMILES string of the molecule is CCCCC(N)c1ccc(C)c(O)c1. The summed E-state index contributed by atoms with van der Waals surface area (Å²) in [7, 11) is 0. The van der Waals surface area contributed by atoms with Crippen LogP contribution >= 0.6 is 0 Å². The second-order valence-corrected chi connectivity index (χ2v) is 3.79. The molecule has 0 fully saturated rings. The van der Waals surface area contributed by atoms with Crippen LogP contribution in [0.3, 0.4) is 0 Å². The first-order chi connectivity index (χ1) is 6.65. The van der Waals surface area contributed by atoms with Gasteiger partial charge in [0, 0.05) is 6.04 Å². The quantitative estimate of drug-likeness (QED) is 0.772. The van der Waals surface area contributed by atoms with Crippen molar-refractivity contribution >= 4 is 0 Å². The van der Waals surface area contributed by atoms with Crippen LogP contribution in [0.15, 0.2) is 18.2 Å². The van der Waals surface area contributed by atoms with E-state index in [0.29, 0.717) is 5.75 Å². The van der Waals surface area contributed by atoms with Crippen LogP contribution in [0.2, 0.25) is 0 Å². The molecule has 0 aliphatic carbocycles. The fourth-order valence-corrected chi connectivity index (χ4v) is 1.45. The first-order valence-electron chi connectivity index (χ1n) is 5.20. The molecule has 0 radical (unpaired) electrons. The highest BCUT2D eigenvalue weighted by atomic mass is 16.3. The predicted molar refractivity (Wildman–Crippen MR) is 59.3 cm³/mol. The monoisotopic (exact) mass is 193 g/mol. The molecule has 1 rings (SSSR count). The third kappa shape index (κ3) is 2.74. The lowest BCUT2D eigenvalue weighted by Crippen LogP contribution is -2.09. The van der Waals surface area contributed by atoms with E-state index in [4.69, 9.17) is 5.73 Å². The normalized spacial score (nSPS) is 12.8. The highest BCUT2D eigenvalue weighted by molar-refractivity contribution is 5.36. The van der Waals surface area contributed by atoms with E-state index >= 15 is 0 Å². The predicted octanol–water partition coefficient (Wildman–Crippen LogP) is 2.89. The molecule has 0 saturated heterocycles. The van der Waals surface area contributed by atoms with E-state index < -0.39 is 0 Å². The van der Waals surface area contributed by atoms with E-state index in [2.05, 4.69) is 6.92 Å². The van der Waals surface area contributed by atoms with Gasteiger partial charge in [-0.3, -0.25) is 0 Å². The molecule has 0 aliphatic heterocycles. The molecule has 3 N–H and O–H groups in total. The van der Waals surface area contributed by atoms with Crippen molar-refractivity contribution in [1.29, 1.82) is 0 Å². The van der Waals surface area contributed by atoms with Gasteiger partial charge in [0.05, 0.1) is 0 Å². The summed E-state index contributed by atoms with van der Waals surface area (Å²) in [5.41, 5.74) is 7.92. The number of aromatic hydroxyl groups is 1. The number of phenolic OH excluding ortho intramolecular Hbond substituents is 1. The van der Waals surface area contributed by atoms with Crippen LogP contribution in [-0.4, -0.2) is 5.11 Å². The smallest absolute Gasteiger partial charge is 0.118 e. The summed E-state index contributed by atoms with van der Waals surface area (Å²) < 4.78 is 0. The molecular formula is C12H19NO. The van der Waals surface area contributed by atoms with E-state index in [1.807, 2.05) is 19.1 Å². The van der Waals surface area contributed by atoms with Gasteiger partial charge in [0.25, 0.3) is 0 Å². The molecule has 0 spiro atoms. The maximum absolute atomic E-state index is 9.52.